The summed E-state index contributed by atoms with van der Waals surface area (Å²) in [7, 11) is 0. The van der Waals surface area contributed by atoms with Gasteiger partial charge >= 0.3 is 0 Å². The lowest BCUT2D eigenvalue weighted by Crippen LogP contribution is -2.17. The second-order valence-electron chi connectivity index (χ2n) is 5.00. The van der Waals surface area contributed by atoms with Crippen LogP contribution in [0, 0.1) is 19.7 Å². The molecule has 0 bridgehead atoms. The van der Waals surface area contributed by atoms with E-state index in [-0.39, 0.29) is 11.7 Å². The van der Waals surface area contributed by atoms with Crippen LogP contribution in [0.4, 0.5) is 15.8 Å². The van der Waals surface area contributed by atoms with Crippen LogP contribution in [-0.4, -0.2) is 12.5 Å². The zero-order valence-corrected chi connectivity index (χ0v) is 12.2. The van der Waals surface area contributed by atoms with Crippen molar-refractivity contribution in [2.24, 2.45) is 0 Å². The fraction of sp³-hybridized carbons (Fsp3) is 0.235. The zero-order chi connectivity index (χ0) is 15.2. The van der Waals surface area contributed by atoms with Crippen LogP contribution in [0.25, 0.3) is 0 Å². The fourth-order valence-corrected chi connectivity index (χ4v) is 2.10. The molecule has 2 aromatic carbocycles. The van der Waals surface area contributed by atoms with E-state index in [9.17, 15) is 9.18 Å². The number of aryl methyl sites for hydroxylation is 2. The number of carbonyl (C=O) groups excluding carboxylic acids is 1. The largest absolute Gasteiger partial charge is 0.385 e. The Bertz CT molecular complexity index is 603. The number of hydrogen-bond acceptors (Lipinski definition) is 2. The van der Waals surface area contributed by atoms with Crippen molar-refractivity contribution in [3.63, 3.8) is 0 Å². The molecule has 1 amide bonds. The SMILES string of the molecule is Cc1cccc(C)c1NC(=O)CCNc1ccc(F)cc1. The van der Waals surface area contributed by atoms with E-state index in [0.29, 0.717) is 13.0 Å². The maximum atomic E-state index is 12.8. The number of benzene rings is 2. The summed E-state index contributed by atoms with van der Waals surface area (Å²) in [6.07, 6.45) is 0.352. The molecule has 21 heavy (non-hydrogen) atoms. The Labute approximate surface area is 124 Å². The number of nitrogens with one attached hydrogen (secondary N) is 2. The summed E-state index contributed by atoms with van der Waals surface area (Å²) < 4.78 is 12.8. The maximum Gasteiger partial charge on any atom is 0.226 e. The number of para-hydroxylation sites is 1. The summed E-state index contributed by atoms with van der Waals surface area (Å²) in [4.78, 5) is 12.0. The van der Waals surface area contributed by atoms with Crippen molar-refractivity contribution in [1.82, 2.24) is 0 Å². The Morgan fingerprint density at radius 1 is 1.05 bits per heavy atom. The first kappa shape index (κ1) is 15.0. The van der Waals surface area contributed by atoms with Crippen LogP contribution in [0.1, 0.15) is 17.5 Å². The molecule has 0 saturated carbocycles. The minimum absolute atomic E-state index is 0.0398. The Kier molecular flexibility index (Phi) is 4.93. The Balaban J connectivity index is 1.84. The highest BCUT2D eigenvalue weighted by Crippen LogP contribution is 2.19. The smallest absolute Gasteiger partial charge is 0.226 e. The highest BCUT2D eigenvalue weighted by molar-refractivity contribution is 5.92. The van der Waals surface area contributed by atoms with Gasteiger partial charge in [0.15, 0.2) is 0 Å². The van der Waals surface area contributed by atoms with Crippen molar-refractivity contribution < 1.29 is 9.18 Å². The van der Waals surface area contributed by atoms with Crippen molar-refractivity contribution in [2.75, 3.05) is 17.2 Å². The molecule has 0 spiro atoms. The molecule has 0 aromatic heterocycles. The monoisotopic (exact) mass is 286 g/mol. The summed E-state index contributed by atoms with van der Waals surface area (Å²) in [5, 5.41) is 6.03. The third-order valence-electron chi connectivity index (χ3n) is 3.27. The van der Waals surface area contributed by atoms with E-state index >= 15 is 0 Å². The molecule has 2 rings (SSSR count). The molecule has 3 nitrogen and oxygen atoms in total. The minimum atomic E-state index is -0.270. The van der Waals surface area contributed by atoms with E-state index in [0.717, 1.165) is 22.5 Å². The van der Waals surface area contributed by atoms with Gasteiger partial charge in [0, 0.05) is 24.3 Å². The molecular formula is C17H19FN2O. The molecule has 0 atom stereocenters. The number of amides is 1. The minimum Gasteiger partial charge on any atom is -0.385 e. The molecule has 110 valence electrons. The van der Waals surface area contributed by atoms with Gasteiger partial charge in [0.25, 0.3) is 0 Å². The van der Waals surface area contributed by atoms with E-state index < -0.39 is 0 Å². The summed E-state index contributed by atoms with van der Waals surface area (Å²) in [6, 6.07) is 12.0. The molecule has 0 heterocycles. The lowest BCUT2D eigenvalue weighted by atomic mass is 10.1. The quantitative estimate of drug-likeness (QED) is 0.875. The second-order valence-corrected chi connectivity index (χ2v) is 5.00. The zero-order valence-electron chi connectivity index (χ0n) is 12.2. The molecule has 4 heteroatoms. The van der Waals surface area contributed by atoms with Crippen LogP contribution in [0.5, 0.6) is 0 Å². The number of anilines is 2. The molecule has 0 aliphatic heterocycles. The number of rotatable bonds is 5. The molecule has 0 unspecified atom stereocenters. The lowest BCUT2D eigenvalue weighted by molar-refractivity contribution is -0.115. The van der Waals surface area contributed by atoms with Gasteiger partial charge in [-0.3, -0.25) is 4.79 Å². The van der Waals surface area contributed by atoms with E-state index in [2.05, 4.69) is 10.6 Å². The first-order valence-corrected chi connectivity index (χ1v) is 6.92. The predicted octanol–water partition coefficient (Wildman–Crippen LogP) is 3.88. The summed E-state index contributed by atoms with van der Waals surface area (Å²) in [5.41, 5.74) is 3.78. The van der Waals surface area contributed by atoms with Crippen LogP contribution in [0.3, 0.4) is 0 Å². The van der Waals surface area contributed by atoms with Crippen molar-refractivity contribution in [3.8, 4) is 0 Å². The molecule has 0 saturated heterocycles. The van der Waals surface area contributed by atoms with Gasteiger partial charge in [0.2, 0.25) is 5.91 Å². The highest BCUT2D eigenvalue weighted by Gasteiger charge is 2.06. The molecule has 2 N–H and O–H groups in total. The molecule has 0 radical (unpaired) electrons. The van der Waals surface area contributed by atoms with Gasteiger partial charge in [-0.25, -0.2) is 4.39 Å². The van der Waals surface area contributed by atoms with E-state index in [1.165, 1.54) is 12.1 Å². The number of hydrogen-bond donors (Lipinski definition) is 2. The Morgan fingerprint density at radius 2 is 1.67 bits per heavy atom. The molecule has 0 aliphatic rings. The topological polar surface area (TPSA) is 41.1 Å². The predicted molar refractivity (Wildman–Crippen MR) is 84.1 cm³/mol. The van der Waals surface area contributed by atoms with Crippen molar-refractivity contribution in [1.29, 1.82) is 0 Å². The van der Waals surface area contributed by atoms with Crippen LogP contribution >= 0.6 is 0 Å². The molecule has 0 fully saturated rings. The molecular weight excluding hydrogens is 267 g/mol. The Morgan fingerprint density at radius 3 is 2.29 bits per heavy atom. The number of halogens is 1. The molecule has 2 aromatic rings. The maximum absolute atomic E-state index is 12.8. The van der Waals surface area contributed by atoms with Gasteiger partial charge in [-0.15, -0.1) is 0 Å². The highest BCUT2D eigenvalue weighted by atomic mass is 19.1. The van der Waals surface area contributed by atoms with E-state index in [4.69, 9.17) is 0 Å². The van der Waals surface area contributed by atoms with Crippen LogP contribution in [0.15, 0.2) is 42.5 Å². The van der Waals surface area contributed by atoms with Crippen LogP contribution in [0.2, 0.25) is 0 Å². The molecule has 0 aliphatic carbocycles. The van der Waals surface area contributed by atoms with Gasteiger partial charge in [-0.2, -0.15) is 0 Å². The average Bonchev–Trinajstić information content (AvgIpc) is 2.45. The van der Waals surface area contributed by atoms with Crippen molar-refractivity contribution in [2.45, 2.75) is 20.3 Å². The van der Waals surface area contributed by atoms with Gasteiger partial charge in [-0.1, -0.05) is 18.2 Å². The van der Waals surface area contributed by atoms with Crippen LogP contribution in [-0.2, 0) is 4.79 Å². The van der Waals surface area contributed by atoms with Gasteiger partial charge in [-0.05, 0) is 49.2 Å². The first-order valence-electron chi connectivity index (χ1n) is 6.92. The fourth-order valence-electron chi connectivity index (χ4n) is 2.10. The standard InChI is InChI=1S/C17H19FN2O/c1-12-4-3-5-13(2)17(12)20-16(21)10-11-19-15-8-6-14(18)7-9-15/h3-9,19H,10-11H2,1-2H3,(H,20,21). The van der Waals surface area contributed by atoms with E-state index in [1.54, 1.807) is 12.1 Å². The summed E-state index contributed by atoms with van der Waals surface area (Å²) >= 11 is 0. The van der Waals surface area contributed by atoms with Crippen LogP contribution < -0.4 is 10.6 Å². The average molecular weight is 286 g/mol. The third kappa shape index (κ3) is 4.31. The van der Waals surface area contributed by atoms with Gasteiger partial charge < -0.3 is 10.6 Å². The van der Waals surface area contributed by atoms with Crippen molar-refractivity contribution in [3.05, 3.63) is 59.4 Å². The van der Waals surface area contributed by atoms with Gasteiger partial charge in [0.05, 0.1) is 0 Å². The normalized spacial score (nSPS) is 10.2. The lowest BCUT2D eigenvalue weighted by Gasteiger charge is -2.12. The first-order chi connectivity index (χ1) is 10.1. The Hall–Kier alpha value is -2.36. The summed E-state index contributed by atoms with van der Waals surface area (Å²) in [6.45, 7) is 4.45. The number of carbonyl (C=O) groups is 1. The summed E-state index contributed by atoms with van der Waals surface area (Å²) in [5.74, 6) is -0.310. The van der Waals surface area contributed by atoms with E-state index in [1.807, 2.05) is 32.0 Å². The second kappa shape index (κ2) is 6.88. The van der Waals surface area contributed by atoms with Gasteiger partial charge in [0.1, 0.15) is 5.82 Å². The third-order valence-corrected chi connectivity index (χ3v) is 3.27. The van der Waals surface area contributed by atoms with Crippen molar-refractivity contribution >= 4 is 17.3 Å².